The molecular weight excluding hydrogens is 254 g/mol. The molecule has 0 saturated carbocycles. The van der Waals surface area contributed by atoms with Crippen LogP contribution in [0.3, 0.4) is 0 Å². The minimum absolute atomic E-state index is 0.387. The van der Waals surface area contributed by atoms with E-state index in [1.165, 1.54) is 19.1 Å². The Hall–Kier alpha value is -1.62. The second kappa shape index (κ2) is 12.4. The molecule has 5 heteroatoms. The Balaban J connectivity index is 0.00000110. The molecule has 1 rings (SSSR count). The Kier molecular flexibility index (Phi) is 11.4. The van der Waals surface area contributed by atoms with E-state index in [0.717, 1.165) is 19.6 Å². The van der Waals surface area contributed by atoms with Crippen LogP contribution in [0.25, 0.3) is 0 Å². The second-order valence-electron chi connectivity index (χ2n) is 4.36. The summed E-state index contributed by atoms with van der Waals surface area (Å²) in [6, 6.07) is 3.97. The van der Waals surface area contributed by atoms with Crippen molar-refractivity contribution in [3.63, 3.8) is 0 Å². The molecule has 0 fully saturated rings. The number of methoxy groups -OCH3 is 1. The molecule has 1 aromatic heterocycles. The lowest BCUT2D eigenvalue weighted by atomic mass is 10.2. The summed E-state index contributed by atoms with van der Waals surface area (Å²) in [5.41, 5.74) is 1.17. The van der Waals surface area contributed by atoms with Gasteiger partial charge in [0.15, 0.2) is 0 Å². The molecule has 1 N–H and O–H groups in total. The second-order valence-corrected chi connectivity index (χ2v) is 4.36. The third kappa shape index (κ3) is 9.33. The smallest absolute Gasteiger partial charge is 0.406 e. The van der Waals surface area contributed by atoms with Gasteiger partial charge in [0.25, 0.3) is 0 Å². The number of ether oxygens (including phenoxy) is 1. The minimum Gasteiger partial charge on any atom is -0.453 e. The van der Waals surface area contributed by atoms with E-state index >= 15 is 0 Å². The number of rotatable bonds is 6. The van der Waals surface area contributed by atoms with Crippen LogP contribution >= 0.6 is 0 Å². The van der Waals surface area contributed by atoms with Crippen molar-refractivity contribution < 1.29 is 9.53 Å². The first-order valence-electron chi connectivity index (χ1n) is 7.10. The molecule has 1 heterocycles. The molecule has 114 valence electrons. The first-order chi connectivity index (χ1) is 9.67. The van der Waals surface area contributed by atoms with Gasteiger partial charge in [0.1, 0.15) is 0 Å². The van der Waals surface area contributed by atoms with Gasteiger partial charge in [-0.2, -0.15) is 0 Å². The van der Waals surface area contributed by atoms with Crippen molar-refractivity contribution in [3.8, 4) is 0 Å². The molecule has 5 nitrogen and oxygen atoms in total. The first-order valence-corrected chi connectivity index (χ1v) is 7.10. The zero-order valence-electron chi connectivity index (χ0n) is 13.1. The van der Waals surface area contributed by atoms with E-state index in [0.29, 0.717) is 6.54 Å². The molecule has 0 atom stereocenters. The van der Waals surface area contributed by atoms with Crippen molar-refractivity contribution in [2.75, 3.05) is 26.7 Å². The van der Waals surface area contributed by atoms with Crippen molar-refractivity contribution >= 4 is 6.09 Å². The molecule has 0 aliphatic rings. The Morgan fingerprint density at radius 2 is 2.10 bits per heavy atom. The summed E-state index contributed by atoms with van der Waals surface area (Å²) >= 11 is 0. The summed E-state index contributed by atoms with van der Waals surface area (Å²) in [7, 11) is 1.36. The van der Waals surface area contributed by atoms with Crippen LogP contribution in [0.4, 0.5) is 4.79 Å². The lowest BCUT2D eigenvalue weighted by molar-refractivity contribution is 0.168. The largest absolute Gasteiger partial charge is 0.453 e. The number of likely N-dealkylation sites (N-methyl/N-ethyl adjacent to an activating group) is 1. The summed E-state index contributed by atoms with van der Waals surface area (Å²) in [6.07, 6.45) is 4.48. The fourth-order valence-corrected chi connectivity index (χ4v) is 1.49. The van der Waals surface area contributed by atoms with E-state index in [2.05, 4.69) is 40.7 Å². The van der Waals surface area contributed by atoms with Crippen LogP contribution < -0.4 is 5.32 Å². The summed E-state index contributed by atoms with van der Waals surface area (Å²) in [5, 5.41) is 2.66. The van der Waals surface area contributed by atoms with Gasteiger partial charge >= 0.3 is 6.09 Å². The van der Waals surface area contributed by atoms with Gasteiger partial charge in [-0.15, -0.1) is 0 Å². The topological polar surface area (TPSA) is 54.5 Å². The van der Waals surface area contributed by atoms with Crippen molar-refractivity contribution in [2.24, 2.45) is 0 Å². The SMILES string of the molecule is CCC.CCN(CCNC(=O)OC)Cc1cccnc1. The van der Waals surface area contributed by atoms with Gasteiger partial charge < -0.3 is 10.1 Å². The van der Waals surface area contributed by atoms with Crippen LogP contribution in [-0.4, -0.2) is 42.7 Å². The zero-order chi connectivity index (χ0) is 15.2. The van der Waals surface area contributed by atoms with Crippen molar-refractivity contribution in [1.82, 2.24) is 15.2 Å². The molecule has 1 aromatic rings. The van der Waals surface area contributed by atoms with Gasteiger partial charge in [-0.1, -0.05) is 33.3 Å². The zero-order valence-corrected chi connectivity index (χ0v) is 13.1. The number of hydrogen-bond acceptors (Lipinski definition) is 4. The fourth-order valence-electron chi connectivity index (χ4n) is 1.49. The van der Waals surface area contributed by atoms with Gasteiger partial charge in [-0.05, 0) is 18.2 Å². The van der Waals surface area contributed by atoms with Gasteiger partial charge in [-0.25, -0.2) is 4.79 Å². The predicted molar refractivity (Wildman–Crippen MR) is 81.6 cm³/mol. The highest BCUT2D eigenvalue weighted by Crippen LogP contribution is 2.01. The van der Waals surface area contributed by atoms with Crippen LogP contribution in [-0.2, 0) is 11.3 Å². The van der Waals surface area contributed by atoms with Crippen LogP contribution in [0.15, 0.2) is 24.5 Å². The normalized spacial score (nSPS) is 9.65. The Bertz CT molecular complexity index is 344. The molecular formula is C15H27N3O2. The summed E-state index contributed by atoms with van der Waals surface area (Å²) < 4.78 is 4.51. The number of nitrogens with zero attached hydrogens (tertiary/aromatic N) is 2. The third-order valence-electron chi connectivity index (χ3n) is 2.46. The predicted octanol–water partition coefficient (Wildman–Crippen LogP) is 2.68. The molecule has 0 aromatic carbocycles. The van der Waals surface area contributed by atoms with Gasteiger partial charge in [-0.3, -0.25) is 9.88 Å². The lowest BCUT2D eigenvalue weighted by Gasteiger charge is -2.20. The molecule has 0 spiro atoms. The maximum absolute atomic E-state index is 10.9. The maximum atomic E-state index is 10.9. The first kappa shape index (κ1) is 18.4. The van der Waals surface area contributed by atoms with E-state index < -0.39 is 0 Å². The van der Waals surface area contributed by atoms with E-state index in [1.54, 1.807) is 6.20 Å². The minimum atomic E-state index is -0.387. The molecule has 0 aliphatic heterocycles. The molecule has 1 amide bonds. The fraction of sp³-hybridized carbons (Fsp3) is 0.600. The number of nitrogens with one attached hydrogen (secondary N) is 1. The van der Waals surface area contributed by atoms with Gasteiger partial charge in [0, 0.05) is 32.0 Å². The number of carbonyl (C=O) groups is 1. The highest BCUT2D eigenvalue weighted by Gasteiger charge is 2.04. The monoisotopic (exact) mass is 281 g/mol. The molecule has 20 heavy (non-hydrogen) atoms. The van der Waals surface area contributed by atoms with E-state index in [4.69, 9.17) is 0 Å². The van der Waals surface area contributed by atoms with E-state index in [9.17, 15) is 4.79 Å². The van der Waals surface area contributed by atoms with Crippen molar-refractivity contribution in [2.45, 2.75) is 33.7 Å². The lowest BCUT2D eigenvalue weighted by Crippen LogP contribution is -2.34. The Labute approximate surface area is 122 Å². The number of hydrogen-bond donors (Lipinski definition) is 1. The molecule has 0 unspecified atom stereocenters. The molecule has 0 aliphatic carbocycles. The number of amides is 1. The Morgan fingerprint density at radius 1 is 1.40 bits per heavy atom. The average molecular weight is 281 g/mol. The van der Waals surface area contributed by atoms with Crippen LogP contribution in [0, 0.1) is 0 Å². The average Bonchev–Trinajstić information content (AvgIpc) is 2.47. The number of alkyl carbamates (subject to hydrolysis) is 1. The number of aromatic nitrogens is 1. The van der Waals surface area contributed by atoms with Gasteiger partial charge in [0.05, 0.1) is 7.11 Å². The van der Waals surface area contributed by atoms with Crippen molar-refractivity contribution in [1.29, 1.82) is 0 Å². The quantitative estimate of drug-likeness (QED) is 0.871. The maximum Gasteiger partial charge on any atom is 0.406 e. The highest BCUT2D eigenvalue weighted by atomic mass is 16.5. The van der Waals surface area contributed by atoms with Crippen LogP contribution in [0.1, 0.15) is 32.8 Å². The number of carbonyl (C=O) groups excluding carboxylic acids is 1. The third-order valence-corrected chi connectivity index (χ3v) is 2.46. The van der Waals surface area contributed by atoms with E-state index in [1.807, 2.05) is 18.3 Å². The summed E-state index contributed by atoms with van der Waals surface area (Å²) in [6.45, 7) is 9.49. The summed E-state index contributed by atoms with van der Waals surface area (Å²) in [5.74, 6) is 0. The van der Waals surface area contributed by atoms with Crippen LogP contribution in [0.2, 0.25) is 0 Å². The van der Waals surface area contributed by atoms with E-state index in [-0.39, 0.29) is 6.09 Å². The van der Waals surface area contributed by atoms with Gasteiger partial charge in [0.2, 0.25) is 0 Å². The number of pyridine rings is 1. The highest BCUT2D eigenvalue weighted by molar-refractivity contribution is 5.66. The van der Waals surface area contributed by atoms with Crippen molar-refractivity contribution in [3.05, 3.63) is 30.1 Å². The van der Waals surface area contributed by atoms with Crippen LogP contribution in [0.5, 0.6) is 0 Å². The standard InChI is InChI=1S/C12H19N3O2.C3H8/c1-3-15(8-7-14-12(16)17-2)10-11-5-4-6-13-9-11;1-3-2/h4-6,9H,3,7-8,10H2,1-2H3,(H,14,16);3H2,1-2H3. The summed E-state index contributed by atoms with van der Waals surface area (Å²) in [4.78, 5) is 17.2. The Morgan fingerprint density at radius 3 is 2.60 bits per heavy atom. The molecule has 0 saturated heterocycles. The molecule has 0 bridgehead atoms. The molecule has 0 radical (unpaired) electrons.